The third-order valence-electron chi connectivity index (χ3n) is 4.08. The molecule has 0 aliphatic carbocycles. The van der Waals surface area contributed by atoms with Crippen LogP contribution in [0.3, 0.4) is 0 Å². The molecule has 0 bridgehead atoms. The molecule has 3 rings (SSSR count). The van der Waals surface area contributed by atoms with E-state index in [1.807, 2.05) is 13.0 Å². The summed E-state index contributed by atoms with van der Waals surface area (Å²) in [5.74, 6) is 0.0299. The van der Waals surface area contributed by atoms with Crippen LogP contribution >= 0.6 is 0 Å². The van der Waals surface area contributed by atoms with E-state index in [4.69, 9.17) is 14.1 Å². The van der Waals surface area contributed by atoms with Crippen LogP contribution in [0.2, 0.25) is 6.32 Å². The highest BCUT2D eigenvalue weighted by Crippen LogP contribution is 2.37. The first-order chi connectivity index (χ1) is 11.6. The summed E-state index contributed by atoms with van der Waals surface area (Å²) in [5.41, 5.74) is 1.95. The predicted octanol–water partition coefficient (Wildman–Crippen LogP) is 2.89. The van der Waals surface area contributed by atoms with Crippen LogP contribution in [0.5, 0.6) is 11.5 Å². The van der Waals surface area contributed by atoms with Gasteiger partial charge in [-0.2, -0.15) is 0 Å². The first-order valence-electron chi connectivity index (χ1n) is 7.88. The highest BCUT2D eigenvalue weighted by atomic mass is 19.1. The molecule has 0 spiro atoms. The number of aromatic nitrogens is 1. The van der Waals surface area contributed by atoms with Crippen molar-refractivity contribution in [2.75, 3.05) is 20.3 Å². The molecular formula is C17H19BFNO4. The van der Waals surface area contributed by atoms with Crippen LogP contribution in [0.4, 0.5) is 4.39 Å². The average Bonchev–Trinajstić information content (AvgIpc) is 3.02. The Kier molecular flexibility index (Phi) is 5.01. The molecule has 1 saturated heterocycles. The summed E-state index contributed by atoms with van der Waals surface area (Å²) in [7, 11) is 0.664. The zero-order valence-corrected chi connectivity index (χ0v) is 13.7. The second-order valence-electron chi connectivity index (χ2n) is 5.62. The Morgan fingerprint density at radius 1 is 1.42 bits per heavy atom. The van der Waals surface area contributed by atoms with E-state index in [1.165, 1.54) is 7.11 Å². The Bertz CT molecular complexity index is 728. The number of hydrogen-bond donors (Lipinski definition) is 1. The summed E-state index contributed by atoms with van der Waals surface area (Å²) in [6.45, 7) is 2.69. The minimum Gasteiger partial charge on any atom is -0.490 e. The number of benzene rings is 1. The number of rotatable bonds is 5. The Morgan fingerprint density at radius 2 is 2.25 bits per heavy atom. The number of nitrogens with zero attached hydrogens (tertiary/aromatic N) is 1. The van der Waals surface area contributed by atoms with Gasteiger partial charge in [-0.05, 0) is 37.0 Å². The number of methoxy groups -OCH3 is 1. The summed E-state index contributed by atoms with van der Waals surface area (Å²) in [4.78, 5) is 4.21. The number of ether oxygens (including phenoxy) is 2. The molecule has 5 nitrogen and oxygen atoms in total. The maximum atomic E-state index is 14.8. The van der Waals surface area contributed by atoms with Crippen molar-refractivity contribution in [2.45, 2.75) is 19.2 Å². The van der Waals surface area contributed by atoms with E-state index in [9.17, 15) is 9.41 Å². The molecule has 1 aliphatic rings. The standard InChI is InChI=1S/C17H19BFNO4/c1-3-23-15-5-4-14(16(19)17(15)22-2)12-6-11(8-20-9-12)13-7-18(21)24-10-13/h4-6,8-9,13,21H,3,7,10H2,1-2H3/t13-/m1/s1. The molecule has 1 aliphatic heterocycles. The lowest BCUT2D eigenvalue weighted by Gasteiger charge is -2.14. The van der Waals surface area contributed by atoms with Crippen LogP contribution in [-0.2, 0) is 4.65 Å². The SMILES string of the molecule is CCOc1ccc(-c2cncc([C@H]3COB(O)C3)c2)c(F)c1OC. The van der Waals surface area contributed by atoms with Crippen molar-refractivity contribution in [1.82, 2.24) is 4.98 Å². The van der Waals surface area contributed by atoms with Gasteiger partial charge in [-0.25, -0.2) is 4.39 Å². The average molecular weight is 331 g/mol. The van der Waals surface area contributed by atoms with Crippen LogP contribution in [0, 0.1) is 5.82 Å². The molecule has 1 aromatic heterocycles. The number of pyridine rings is 1. The molecule has 0 amide bonds. The van der Waals surface area contributed by atoms with Crippen molar-refractivity contribution in [1.29, 1.82) is 0 Å². The minimum atomic E-state index is -0.749. The van der Waals surface area contributed by atoms with Gasteiger partial charge >= 0.3 is 7.12 Å². The van der Waals surface area contributed by atoms with Gasteiger partial charge in [0.05, 0.1) is 13.7 Å². The van der Waals surface area contributed by atoms with E-state index in [2.05, 4.69) is 4.98 Å². The molecule has 2 heterocycles. The Morgan fingerprint density at radius 3 is 2.92 bits per heavy atom. The van der Waals surface area contributed by atoms with E-state index in [0.717, 1.165) is 5.56 Å². The molecule has 24 heavy (non-hydrogen) atoms. The Labute approximate surface area is 140 Å². The van der Waals surface area contributed by atoms with Crippen molar-refractivity contribution >= 4 is 7.12 Å². The lowest BCUT2D eigenvalue weighted by atomic mass is 9.80. The molecule has 1 fully saturated rings. The molecule has 126 valence electrons. The van der Waals surface area contributed by atoms with Gasteiger partial charge in [-0.1, -0.05) is 0 Å². The van der Waals surface area contributed by atoms with Crippen LogP contribution in [0.15, 0.2) is 30.6 Å². The lowest BCUT2D eigenvalue weighted by molar-refractivity contribution is 0.292. The van der Waals surface area contributed by atoms with Crippen molar-refractivity contribution < 1.29 is 23.5 Å². The topological polar surface area (TPSA) is 60.8 Å². The normalized spacial score (nSPS) is 17.2. The molecule has 1 aromatic carbocycles. The number of hydrogen-bond acceptors (Lipinski definition) is 5. The molecule has 2 aromatic rings. The van der Waals surface area contributed by atoms with Crippen LogP contribution < -0.4 is 9.47 Å². The Balaban J connectivity index is 1.97. The first-order valence-corrected chi connectivity index (χ1v) is 7.88. The lowest BCUT2D eigenvalue weighted by Crippen LogP contribution is -2.07. The highest BCUT2D eigenvalue weighted by molar-refractivity contribution is 6.43. The van der Waals surface area contributed by atoms with Crippen molar-refractivity contribution in [3.8, 4) is 22.6 Å². The largest absolute Gasteiger partial charge is 0.490 e. The molecule has 0 unspecified atom stereocenters. The Hall–Kier alpha value is -2.12. The van der Waals surface area contributed by atoms with Crippen LogP contribution in [-0.4, -0.2) is 37.4 Å². The summed E-state index contributed by atoms with van der Waals surface area (Å²) >= 11 is 0. The third kappa shape index (κ3) is 3.23. The summed E-state index contributed by atoms with van der Waals surface area (Å²) in [5, 5.41) is 9.51. The second kappa shape index (κ2) is 7.19. The monoisotopic (exact) mass is 331 g/mol. The molecule has 7 heteroatoms. The minimum absolute atomic E-state index is 0.0557. The van der Waals surface area contributed by atoms with Crippen LogP contribution in [0.1, 0.15) is 18.4 Å². The van der Waals surface area contributed by atoms with Gasteiger partial charge in [0.15, 0.2) is 17.3 Å². The smallest absolute Gasteiger partial charge is 0.454 e. The quantitative estimate of drug-likeness (QED) is 0.854. The first kappa shape index (κ1) is 16.7. The summed E-state index contributed by atoms with van der Waals surface area (Å²) < 4.78 is 30.6. The van der Waals surface area contributed by atoms with Gasteiger partial charge in [-0.3, -0.25) is 4.98 Å². The molecular weight excluding hydrogens is 312 g/mol. The van der Waals surface area contributed by atoms with Gasteiger partial charge in [0, 0.05) is 36.0 Å². The van der Waals surface area contributed by atoms with Gasteiger partial charge in [0.25, 0.3) is 0 Å². The van der Waals surface area contributed by atoms with Gasteiger partial charge in [0.1, 0.15) is 0 Å². The van der Waals surface area contributed by atoms with Gasteiger partial charge in [0.2, 0.25) is 0 Å². The maximum Gasteiger partial charge on any atom is 0.454 e. The third-order valence-corrected chi connectivity index (χ3v) is 4.08. The zero-order valence-electron chi connectivity index (χ0n) is 13.7. The van der Waals surface area contributed by atoms with Crippen LogP contribution in [0.25, 0.3) is 11.1 Å². The van der Waals surface area contributed by atoms with Gasteiger partial charge < -0.3 is 19.2 Å². The second-order valence-corrected chi connectivity index (χ2v) is 5.62. The summed E-state index contributed by atoms with van der Waals surface area (Å²) in [6, 6.07) is 5.22. The van der Waals surface area contributed by atoms with E-state index in [1.54, 1.807) is 24.5 Å². The van der Waals surface area contributed by atoms with E-state index in [0.29, 0.717) is 36.4 Å². The number of halogens is 1. The van der Waals surface area contributed by atoms with E-state index in [-0.39, 0.29) is 11.7 Å². The van der Waals surface area contributed by atoms with Gasteiger partial charge in [-0.15, -0.1) is 0 Å². The molecule has 0 saturated carbocycles. The maximum absolute atomic E-state index is 14.8. The summed E-state index contributed by atoms with van der Waals surface area (Å²) in [6.07, 6.45) is 3.84. The highest BCUT2D eigenvalue weighted by Gasteiger charge is 2.30. The van der Waals surface area contributed by atoms with Crippen molar-refractivity contribution in [3.63, 3.8) is 0 Å². The molecule has 0 radical (unpaired) electrons. The fourth-order valence-corrected chi connectivity index (χ4v) is 2.89. The fraction of sp³-hybridized carbons (Fsp3) is 0.353. The van der Waals surface area contributed by atoms with E-state index < -0.39 is 12.9 Å². The molecule has 1 atom stereocenters. The predicted molar refractivity (Wildman–Crippen MR) is 88.8 cm³/mol. The zero-order chi connectivity index (χ0) is 17.1. The van der Waals surface area contributed by atoms with Crippen molar-refractivity contribution in [2.24, 2.45) is 0 Å². The van der Waals surface area contributed by atoms with E-state index >= 15 is 0 Å². The molecule has 1 N–H and O–H groups in total. The fourth-order valence-electron chi connectivity index (χ4n) is 2.89. The van der Waals surface area contributed by atoms with Crippen molar-refractivity contribution in [3.05, 3.63) is 42.0 Å².